The van der Waals surface area contributed by atoms with Crippen LogP contribution in [0.1, 0.15) is 18.5 Å². The van der Waals surface area contributed by atoms with Crippen molar-refractivity contribution in [3.05, 3.63) is 22.8 Å². The average Bonchev–Trinajstić information content (AvgIpc) is 2.92. The van der Waals surface area contributed by atoms with Gasteiger partial charge in [0, 0.05) is 6.04 Å². The van der Waals surface area contributed by atoms with E-state index in [2.05, 4.69) is 10.3 Å². The summed E-state index contributed by atoms with van der Waals surface area (Å²) < 4.78 is 0. The quantitative estimate of drug-likeness (QED) is 0.779. The molecular formula is C9H11ClN2O. The van der Waals surface area contributed by atoms with E-state index in [-0.39, 0.29) is 6.61 Å². The van der Waals surface area contributed by atoms with E-state index in [1.54, 1.807) is 6.07 Å². The molecule has 2 rings (SSSR count). The predicted molar refractivity (Wildman–Crippen MR) is 51.8 cm³/mol. The van der Waals surface area contributed by atoms with Gasteiger partial charge in [-0.1, -0.05) is 11.6 Å². The summed E-state index contributed by atoms with van der Waals surface area (Å²) in [5.74, 6) is 0.802. The molecule has 1 aromatic heterocycles. The molecule has 0 saturated heterocycles. The zero-order valence-corrected chi connectivity index (χ0v) is 7.88. The van der Waals surface area contributed by atoms with E-state index >= 15 is 0 Å². The summed E-state index contributed by atoms with van der Waals surface area (Å²) in [4.78, 5) is 4.18. The highest BCUT2D eigenvalue weighted by atomic mass is 35.5. The molecule has 0 bridgehead atoms. The fourth-order valence-corrected chi connectivity index (χ4v) is 1.28. The van der Waals surface area contributed by atoms with E-state index in [0.717, 1.165) is 5.82 Å². The third-order valence-electron chi connectivity index (χ3n) is 2.00. The average molecular weight is 199 g/mol. The van der Waals surface area contributed by atoms with Crippen LogP contribution in [0.5, 0.6) is 0 Å². The molecule has 0 amide bonds. The van der Waals surface area contributed by atoms with Crippen LogP contribution in [0.15, 0.2) is 12.1 Å². The molecule has 3 nitrogen and oxygen atoms in total. The minimum atomic E-state index is -0.112. The third kappa shape index (κ3) is 2.11. The fourth-order valence-electron chi connectivity index (χ4n) is 1.11. The second-order valence-corrected chi connectivity index (χ2v) is 3.61. The normalized spacial score (nSPS) is 15.8. The number of nitrogens with zero attached hydrogens (tertiary/aromatic N) is 1. The Morgan fingerprint density at radius 1 is 1.54 bits per heavy atom. The number of rotatable bonds is 3. The molecule has 1 fully saturated rings. The third-order valence-corrected chi connectivity index (χ3v) is 2.34. The lowest BCUT2D eigenvalue weighted by atomic mass is 10.3. The Morgan fingerprint density at radius 3 is 2.92 bits per heavy atom. The van der Waals surface area contributed by atoms with Crippen molar-refractivity contribution in [1.82, 2.24) is 4.98 Å². The van der Waals surface area contributed by atoms with E-state index in [9.17, 15) is 0 Å². The van der Waals surface area contributed by atoms with Gasteiger partial charge in [-0.3, -0.25) is 0 Å². The molecular weight excluding hydrogens is 188 g/mol. The summed E-state index contributed by atoms with van der Waals surface area (Å²) in [6.45, 7) is -0.112. The number of aromatic nitrogens is 1. The molecule has 70 valence electrons. The molecule has 1 aliphatic carbocycles. The first kappa shape index (κ1) is 8.78. The summed E-state index contributed by atoms with van der Waals surface area (Å²) in [5.41, 5.74) is 0.535. The van der Waals surface area contributed by atoms with Crippen molar-refractivity contribution in [3.63, 3.8) is 0 Å². The van der Waals surface area contributed by atoms with Crippen LogP contribution in [0.25, 0.3) is 0 Å². The number of hydrogen-bond donors (Lipinski definition) is 2. The first-order valence-corrected chi connectivity index (χ1v) is 4.70. The Balaban J connectivity index is 2.16. The highest BCUT2D eigenvalue weighted by Crippen LogP contribution is 2.25. The molecule has 0 atom stereocenters. The molecule has 0 radical (unpaired) electrons. The van der Waals surface area contributed by atoms with Crippen molar-refractivity contribution in [2.45, 2.75) is 25.5 Å². The minimum Gasteiger partial charge on any atom is -0.390 e. The van der Waals surface area contributed by atoms with Crippen LogP contribution in [-0.4, -0.2) is 16.1 Å². The largest absolute Gasteiger partial charge is 0.390 e. The maximum Gasteiger partial charge on any atom is 0.126 e. The second kappa shape index (κ2) is 3.52. The van der Waals surface area contributed by atoms with Gasteiger partial charge in [-0.05, 0) is 25.0 Å². The minimum absolute atomic E-state index is 0.112. The van der Waals surface area contributed by atoms with Crippen molar-refractivity contribution in [3.8, 4) is 0 Å². The van der Waals surface area contributed by atoms with Gasteiger partial charge in [0.25, 0.3) is 0 Å². The van der Waals surface area contributed by atoms with E-state index in [4.69, 9.17) is 16.7 Å². The number of pyridine rings is 1. The van der Waals surface area contributed by atoms with Crippen LogP contribution >= 0.6 is 11.6 Å². The van der Waals surface area contributed by atoms with Crippen molar-refractivity contribution in [2.75, 3.05) is 5.32 Å². The zero-order chi connectivity index (χ0) is 9.26. The van der Waals surface area contributed by atoms with E-state index < -0.39 is 0 Å². The number of aliphatic hydroxyl groups excluding tert-OH is 1. The lowest BCUT2D eigenvalue weighted by Gasteiger charge is -2.05. The summed E-state index contributed by atoms with van der Waals surface area (Å²) in [7, 11) is 0. The Hall–Kier alpha value is -0.800. The van der Waals surface area contributed by atoms with E-state index in [0.29, 0.717) is 16.8 Å². The number of hydrogen-bond acceptors (Lipinski definition) is 3. The lowest BCUT2D eigenvalue weighted by Crippen LogP contribution is -2.04. The molecule has 2 N–H and O–H groups in total. The van der Waals surface area contributed by atoms with E-state index in [1.807, 2.05) is 6.07 Å². The zero-order valence-electron chi connectivity index (χ0n) is 7.13. The van der Waals surface area contributed by atoms with Gasteiger partial charge in [-0.2, -0.15) is 0 Å². The van der Waals surface area contributed by atoms with Crippen molar-refractivity contribution >= 4 is 17.4 Å². The Morgan fingerprint density at radius 2 is 2.31 bits per heavy atom. The predicted octanol–water partition coefficient (Wildman–Crippen LogP) is 1.80. The van der Waals surface area contributed by atoms with Crippen LogP contribution in [0, 0.1) is 0 Å². The van der Waals surface area contributed by atoms with Gasteiger partial charge in [0.2, 0.25) is 0 Å². The smallest absolute Gasteiger partial charge is 0.126 e. The Bertz CT molecular complexity index is 312. The number of halogens is 1. The molecule has 4 heteroatoms. The standard InChI is InChI=1S/C9H11ClN2O/c10-7-3-4-9(11-6-1-2-6)12-8(7)5-13/h3-4,6,13H,1-2,5H2,(H,11,12). The molecule has 0 spiro atoms. The van der Waals surface area contributed by atoms with Gasteiger partial charge in [0.1, 0.15) is 5.82 Å². The van der Waals surface area contributed by atoms with Crippen LogP contribution in [0.2, 0.25) is 5.02 Å². The number of nitrogens with one attached hydrogen (secondary N) is 1. The summed E-state index contributed by atoms with van der Waals surface area (Å²) >= 11 is 5.80. The van der Waals surface area contributed by atoms with Gasteiger partial charge in [0.05, 0.1) is 17.3 Å². The first-order chi connectivity index (χ1) is 6.29. The number of aliphatic hydroxyl groups is 1. The fraction of sp³-hybridized carbons (Fsp3) is 0.444. The van der Waals surface area contributed by atoms with Crippen LogP contribution in [0.3, 0.4) is 0 Å². The van der Waals surface area contributed by atoms with Gasteiger partial charge in [0.15, 0.2) is 0 Å². The molecule has 1 aliphatic rings. The summed E-state index contributed by atoms with van der Waals surface area (Å²) in [5, 5.41) is 12.7. The van der Waals surface area contributed by atoms with Gasteiger partial charge in [-0.15, -0.1) is 0 Å². The van der Waals surface area contributed by atoms with Crippen molar-refractivity contribution in [1.29, 1.82) is 0 Å². The van der Waals surface area contributed by atoms with Crippen LogP contribution in [-0.2, 0) is 6.61 Å². The molecule has 13 heavy (non-hydrogen) atoms. The molecule has 0 aromatic carbocycles. The SMILES string of the molecule is OCc1nc(NC2CC2)ccc1Cl. The van der Waals surface area contributed by atoms with Crippen molar-refractivity contribution < 1.29 is 5.11 Å². The molecule has 0 unspecified atom stereocenters. The maximum absolute atomic E-state index is 8.92. The molecule has 1 heterocycles. The summed E-state index contributed by atoms with van der Waals surface area (Å²) in [6, 6.07) is 4.16. The highest BCUT2D eigenvalue weighted by molar-refractivity contribution is 6.31. The monoisotopic (exact) mass is 198 g/mol. The van der Waals surface area contributed by atoms with Crippen LogP contribution < -0.4 is 5.32 Å². The molecule has 1 saturated carbocycles. The van der Waals surface area contributed by atoms with Crippen LogP contribution in [0.4, 0.5) is 5.82 Å². The Labute approximate surface area is 81.8 Å². The van der Waals surface area contributed by atoms with Gasteiger partial charge in [-0.25, -0.2) is 4.98 Å². The van der Waals surface area contributed by atoms with Gasteiger partial charge >= 0.3 is 0 Å². The molecule has 0 aliphatic heterocycles. The first-order valence-electron chi connectivity index (χ1n) is 4.32. The molecule has 1 aromatic rings. The van der Waals surface area contributed by atoms with E-state index in [1.165, 1.54) is 12.8 Å². The summed E-state index contributed by atoms with van der Waals surface area (Å²) in [6.07, 6.45) is 2.41. The van der Waals surface area contributed by atoms with Crippen molar-refractivity contribution in [2.24, 2.45) is 0 Å². The Kier molecular flexibility index (Phi) is 2.38. The lowest BCUT2D eigenvalue weighted by molar-refractivity contribution is 0.277. The maximum atomic E-state index is 8.92. The number of anilines is 1. The highest BCUT2D eigenvalue weighted by Gasteiger charge is 2.21. The topological polar surface area (TPSA) is 45.2 Å². The second-order valence-electron chi connectivity index (χ2n) is 3.20. The van der Waals surface area contributed by atoms with Gasteiger partial charge < -0.3 is 10.4 Å².